The molecule has 0 radical (unpaired) electrons. The Bertz CT molecular complexity index is 2450. The van der Waals surface area contributed by atoms with Gasteiger partial charge >= 0.3 is 0 Å². The van der Waals surface area contributed by atoms with Gasteiger partial charge < -0.3 is 18.9 Å². The largest absolute Gasteiger partial charge is 0.457 e. The van der Waals surface area contributed by atoms with Gasteiger partial charge in [-0.25, -0.2) is 19.9 Å². The Hall–Kier alpha value is -6.74. The SMILES string of the molecule is CC(C)(C)c1cc2c3cc(C(C)(C)C)c(Oc4cccc(Oc5ccccn5)c4)cc3n(-c3ncccn3)c2cc1Oc1cccc(Oc2ccccn2)c1. The fraction of sp³-hybridized carbons (Fsp3) is 0.174. The lowest BCUT2D eigenvalue weighted by atomic mass is 9.84. The van der Waals surface area contributed by atoms with Crippen molar-refractivity contribution in [3.05, 3.63) is 151 Å². The number of rotatable bonds is 9. The molecule has 0 aliphatic heterocycles. The molecule has 0 saturated heterocycles. The monoisotopic (exact) mass is 727 g/mol. The first-order valence-electron chi connectivity index (χ1n) is 18.2. The minimum Gasteiger partial charge on any atom is -0.457 e. The van der Waals surface area contributed by atoms with Crippen LogP contribution in [0.4, 0.5) is 0 Å². The number of pyridine rings is 2. The highest BCUT2D eigenvalue weighted by Gasteiger charge is 2.27. The Balaban J connectivity index is 1.28. The molecule has 0 bridgehead atoms. The number of benzene rings is 4. The second kappa shape index (κ2) is 14.2. The summed E-state index contributed by atoms with van der Waals surface area (Å²) >= 11 is 0. The third kappa shape index (κ3) is 7.55. The fourth-order valence-corrected chi connectivity index (χ4v) is 6.55. The number of aromatic nitrogens is 5. The summed E-state index contributed by atoms with van der Waals surface area (Å²) in [7, 11) is 0. The second-order valence-electron chi connectivity index (χ2n) is 15.3. The Kier molecular flexibility index (Phi) is 9.14. The van der Waals surface area contributed by atoms with Crippen LogP contribution in [0.3, 0.4) is 0 Å². The van der Waals surface area contributed by atoms with Crippen LogP contribution in [-0.4, -0.2) is 24.5 Å². The zero-order valence-corrected chi connectivity index (χ0v) is 31.6. The summed E-state index contributed by atoms with van der Waals surface area (Å²) in [6.45, 7) is 13.2. The van der Waals surface area contributed by atoms with Crippen LogP contribution in [0.2, 0.25) is 0 Å². The van der Waals surface area contributed by atoms with Crippen molar-refractivity contribution in [3.8, 4) is 52.2 Å². The van der Waals surface area contributed by atoms with E-state index in [1.165, 1.54) is 0 Å². The number of hydrogen-bond donors (Lipinski definition) is 0. The molecular formula is C46H41N5O4. The summed E-state index contributed by atoms with van der Waals surface area (Å²) in [6.07, 6.45) is 6.91. The zero-order valence-electron chi connectivity index (χ0n) is 31.6. The molecule has 4 heterocycles. The third-order valence-electron chi connectivity index (χ3n) is 9.12. The maximum absolute atomic E-state index is 6.75. The minimum atomic E-state index is -0.262. The quantitative estimate of drug-likeness (QED) is 0.145. The predicted molar refractivity (Wildman–Crippen MR) is 215 cm³/mol. The topological polar surface area (TPSA) is 93.4 Å². The van der Waals surface area contributed by atoms with Crippen LogP contribution in [0.15, 0.2) is 140 Å². The van der Waals surface area contributed by atoms with E-state index < -0.39 is 0 Å². The predicted octanol–water partition coefficient (Wildman–Crippen LogP) is 12.1. The molecule has 9 nitrogen and oxygen atoms in total. The molecule has 8 aromatic rings. The van der Waals surface area contributed by atoms with Crippen molar-refractivity contribution < 1.29 is 18.9 Å². The molecule has 8 rings (SSSR count). The molecule has 0 unspecified atom stereocenters. The highest BCUT2D eigenvalue weighted by molar-refractivity contribution is 6.10. The molecule has 0 aliphatic carbocycles. The molecule has 0 N–H and O–H groups in total. The Morgan fingerprint density at radius 2 is 0.836 bits per heavy atom. The Morgan fingerprint density at radius 1 is 0.418 bits per heavy atom. The van der Waals surface area contributed by atoms with Gasteiger partial charge in [-0.15, -0.1) is 0 Å². The third-order valence-corrected chi connectivity index (χ3v) is 9.12. The number of hydrogen-bond acceptors (Lipinski definition) is 8. The Morgan fingerprint density at radius 3 is 1.24 bits per heavy atom. The average Bonchev–Trinajstić information content (AvgIpc) is 3.47. The normalized spacial score (nSPS) is 11.8. The van der Waals surface area contributed by atoms with Gasteiger partial charge in [-0.05, 0) is 65.4 Å². The van der Waals surface area contributed by atoms with Gasteiger partial charge in [-0.1, -0.05) is 65.8 Å². The molecule has 4 aromatic carbocycles. The molecule has 0 fully saturated rings. The van der Waals surface area contributed by atoms with Crippen molar-refractivity contribution in [1.29, 1.82) is 0 Å². The van der Waals surface area contributed by atoms with Gasteiger partial charge in [-0.3, -0.25) is 4.57 Å². The second-order valence-corrected chi connectivity index (χ2v) is 15.3. The van der Waals surface area contributed by atoms with Crippen molar-refractivity contribution >= 4 is 21.8 Å². The standard InChI is InChI=1S/C46H41N5O4/c1-45(2,3)36-26-34-35-27-37(46(4,5)6)41(53-31-15-12-17-33(25-31)55-43-19-8-10-21-48-43)29-39(35)51(44-49-22-13-23-50-44)38(34)28-40(36)52-30-14-11-16-32(24-30)54-42-18-7-9-20-47-42/h7-29H,1-6H3. The summed E-state index contributed by atoms with van der Waals surface area (Å²) in [4.78, 5) is 18.0. The van der Waals surface area contributed by atoms with Crippen LogP contribution in [-0.2, 0) is 10.8 Å². The van der Waals surface area contributed by atoms with Gasteiger partial charge in [0.05, 0.1) is 11.0 Å². The zero-order chi connectivity index (χ0) is 38.2. The molecule has 0 spiro atoms. The summed E-state index contributed by atoms with van der Waals surface area (Å²) in [5, 5.41) is 2.10. The molecule has 9 heteroatoms. The van der Waals surface area contributed by atoms with E-state index in [0.29, 0.717) is 52.2 Å². The van der Waals surface area contributed by atoms with Crippen LogP contribution >= 0.6 is 0 Å². The molecule has 0 atom stereocenters. The maximum atomic E-state index is 6.75. The van der Waals surface area contributed by atoms with Crippen LogP contribution in [0.5, 0.6) is 46.3 Å². The molecule has 55 heavy (non-hydrogen) atoms. The lowest BCUT2D eigenvalue weighted by molar-refractivity contribution is 0.439. The lowest BCUT2D eigenvalue weighted by Crippen LogP contribution is -2.13. The van der Waals surface area contributed by atoms with Gasteiger partial charge in [0.15, 0.2) is 0 Å². The van der Waals surface area contributed by atoms with Crippen molar-refractivity contribution in [2.45, 2.75) is 52.4 Å². The molecule has 0 amide bonds. The smallest absolute Gasteiger partial charge is 0.234 e. The summed E-state index contributed by atoms with van der Waals surface area (Å²) in [5.74, 6) is 5.49. The van der Waals surface area contributed by atoms with E-state index in [-0.39, 0.29) is 10.8 Å². The van der Waals surface area contributed by atoms with Crippen LogP contribution < -0.4 is 18.9 Å². The van der Waals surface area contributed by atoms with Crippen molar-refractivity contribution in [2.24, 2.45) is 0 Å². The van der Waals surface area contributed by atoms with Gasteiger partial charge in [0, 0.05) is 83.1 Å². The first kappa shape index (κ1) is 35.3. The molecular weight excluding hydrogens is 687 g/mol. The van der Waals surface area contributed by atoms with Gasteiger partial charge in [0.1, 0.15) is 34.5 Å². The highest BCUT2D eigenvalue weighted by Crippen LogP contribution is 2.45. The van der Waals surface area contributed by atoms with E-state index in [1.54, 1.807) is 24.8 Å². The lowest BCUT2D eigenvalue weighted by Gasteiger charge is -2.24. The summed E-state index contributed by atoms with van der Waals surface area (Å²) < 4.78 is 27.6. The van der Waals surface area contributed by atoms with E-state index >= 15 is 0 Å². The molecule has 4 aromatic heterocycles. The summed E-state index contributed by atoms with van der Waals surface area (Å²) in [5.41, 5.74) is 3.36. The van der Waals surface area contributed by atoms with Gasteiger partial charge in [0.2, 0.25) is 17.7 Å². The number of fused-ring (bicyclic) bond motifs is 3. The van der Waals surface area contributed by atoms with E-state index in [1.807, 2.05) is 91.0 Å². The molecule has 0 aliphatic rings. The van der Waals surface area contributed by atoms with Crippen LogP contribution in [0.25, 0.3) is 27.8 Å². The fourth-order valence-electron chi connectivity index (χ4n) is 6.55. The van der Waals surface area contributed by atoms with Crippen LogP contribution in [0, 0.1) is 0 Å². The Labute approximate surface area is 320 Å². The van der Waals surface area contributed by atoms with Crippen molar-refractivity contribution in [3.63, 3.8) is 0 Å². The van der Waals surface area contributed by atoms with Crippen LogP contribution in [0.1, 0.15) is 52.7 Å². The van der Waals surface area contributed by atoms with E-state index in [2.05, 4.69) is 80.3 Å². The number of nitrogens with zero attached hydrogens (tertiary/aromatic N) is 5. The maximum Gasteiger partial charge on any atom is 0.234 e. The van der Waals surface area contributed by atoms with E-state index in [0.717, 1.165) is 32.9 Å². The molecule has 0 saturated carbocycles. The van der Waals surface area contributed by atoms with E-state index in [9.17, 15) is 0 Å². The van der Waals surface area contributed by atoms with Gasteiger partial charge in [-0.2, -0.15) is 0 Å². The number of ether oxygens (including phenoxy) is 4. The molecule has 274 valence electrons. The van der Waals surface area contributed by atoms with E-state index in [4.69, 9.17) is 28.9 Å². The highest BCUT2D eigenvalue weighted by atomic mass is 16.5. The minimum absolute atomic E-state index is 0.262. The van der Waals surface area contributed by atoms with Crippen molar-refractivity contribution in [2.75, 3.05) is 0 Å². The average molecular weight is 728 g/mol. The first-order chi connectivity index (χ1) is 26.5. The summed E-state index contributed by atoms with van der Waals surface area (Å²) in [6, 6.07) is 36.8. The first-order valence-corrected chi connectivity index (χ1v) is 18.2. The van der Waals surface area contributed by atoms with Gasteiger partial charge in [0.25, 0.3) is 0 Å². The van der Waals surface area contributed by atoms with Crippen molar-refractivity contribution in [1.82, 2.24) is 24.5 Å².